The molecule has 0 saturated heterocycles. The first kappa shape index (κ1) is 12.0. The Morgan fingerprint density at radius 2 is 2.18 bits per heavy atom. The van der Waals surface area contributed by atoms with Crippen molar-refractivity contribution in [1.82, 2.24) is 19.6 Å². The average molecular weight is 232 g/mol. The molecule has 0 aliphatic carbocycles. The van der Waals surface area contributed by atoms with Crippen LogP contribution in [0.5, 0.6) is 0 Å². The van der Waals surface area contributed by atoms with Crippen LogP contribution in [-0.4, -0.2) is 19.6 Å². The zero-order valence-corrected chi connectivity index (χ0v) is 10.8. The molecule has 0 aliphatic rings. The lowest BCUT2D eigenvalue weighted by Gasteiger charge is -2.24. The molecule has 4 nitrogen and oxygen atoms in total. The van der Waals surface area contributed by atoms with Crippen LogP contribution < -0.4 is 0 Å². The fourth-order valence-electron chi connectivity index (χ4n) is 2.00. The van der Waals surface area contributed by atoms with Crippen LogP contribution in [0.15, 0.2) is 18.5 Å². The summed E-state index contributed by atoms with van der Waals surface area (Å²) in [5, 5.41) is 4.55. The Morgan fingerprint density at radius 3 is 2.82 bits per heavy atom. The second-order valence-corrected chi connectivity index (χ2v) is 4.82. The Labute approximate surface area is 102 Å². The molecule has 0 fully saturated rings. The molecule has 1 atom stereocenters. The summed E-state index contributed by atoms with van der Waals surface area (Å²) in [4.78, 5) is 8.77. The van der Waals surface area contributed by atoms with Gasteiger partial charge in [0.05, 0.1) is 0 Å². The molecule has 2 heterocycles. The maximum atomic E-state index is 4.55. The highest BCUT2D eigenvalue weighted by atomic mass is 15.3. The molecular weight excluding hydrogens is 212 g/mol. The lowest BCUT2D eigenvalue weighted by Crippen LogP contribution is -2.22. The first-order valence-corrected chi connectivity index (χ1v) is 6.37. The fraction of sp³-hybridized carbons (Fsp3) is 0.615. The monoisotopic (exact) mass is 232 g/mol. The van der Waals surface area contributed by atoms with E-state index in [0.29, 0.717) is 5.78 Å². The van der Waals surface area contributed by atoms with Crippen LogP contribution in [0, 0.1) is 0 Å². The number of rotatable bonds is 5. The molecule has 0 spiro atoms. The second kappa shape index (κ2) is 4.82. The molecule has 0 N–H and O–H groups in total. The Morgan fingerprint density at radius 1 is 1.35 bits per heavy atom. The Balaban J connectivity index is 2.35. The van der Waals surface area contributed by atoms with Gasteiger partial charge in [-0.1, -0.05) is 33.6 Å². The molecule has 2 aromatic heterocycles. The van der Waals surface area contributed by atoms with E-state index in [-0.39, 0.29) is 5.41 Å². The highest BCUT2D eigenvalue weighted by Gasteiger charge is 2.28. The van der Waals surface area contributed by atoms with E-state index in [4.69, 9.17) is 0 Å². The molecule has 0 aromatic carbocycles. The van der Waals surface area contributed by atoms with Gasteiger partial charge in [0.15, 0.2) is 5.82 Å². The van der Waals surface area contributed by atoms with E-state index in [9.17, 15) is 0 Å². The summed E-state index contributed by atoms with van der Waals surface area (Å²) in [7, 11) is 0. The van der Waals surface area contributed by atoms with Crippen molar-refractivity contribution in [2.24, 2.45) is 0 Å². The lowest BCUT2D eigenvalue weighted by molar-refractivity contribution is 0.381. The number of unbranched alkanes of at least 4 members (excludes halogenated alkanes) is 1. The molecule has 1 unspecified atom stereocenters. The topological polar surface area (TPSA) is 43.1 Å². The van der Waals surface area contributed by atoms with Crippen LogP contribution in [0.4, 0.5) is 0 Å². The number of hydrogen-bond donors (Lipinski definition) is 0. The van der Waals surface area contributed by atoms with Gasteiger partial charge in [-0.25, -0.2) is 9.50 Å². The van der Waals surface area contributed by atoms with Gasteiger partial charge in [0, 0.05) is 17.8 Å². The first-order valence-electron chi connectivity index (χ1n) is 6.37. The van der Waals surface area contributed by atoms with E-state index in [1.165, 1.54) is 12.8 Å². The summed E-state index contributed by atoms with van der Waals surface area (Å²) in [5.74, 6) is 1.62. The maximum Gasteiger partial charge on any atom is 0.252 e. The van der Waals surface area contributed by atoms with Gasteiger partial charge in [0.1, 0.15) is 0 Å². The van der Waals surface area contributed by atoms with Crippen LogP contribution in [-0.2, 0) is 5.41 Å². The van der Waals surface area contributed by atoms with Crippen LogP contribution in [0.25, 0.3) is 5.78 Å². The maximum absolute atomic E-state index is 4.55. The molecule has 2 aromatic rings. The van der Waals surface area contributed by atoms with Gasteiger partial charge in [0.25, 0.3) is 5.78 Å². The summed E-state index contributed by atoms with van der Waals surface area (Å²) >= 11 is 0. The third-order valence-electron chi connectivity index (χ3n) is 3.52. The molecule has 0 radical (unpaired) electrons. The van der Waals surface area contributed by atoms with Crippen molar-refractivity contribution >= 4 is 5.78 Å². The van der Waals surface area contributed by atoms with Gasteiger partial charge in [0.2, 0.25) is 0 Å². The van der Waals surface area contributed by atoms with Gasteiger partial charge >= 0.3 is 0 Å². The van der Waals surface area contributed by atoms with Gasteiger partial charge in [-0.15, -0.1) is 5.10 Å². The lowest BCUT2D eigenvalue weighted by atomic mass is 9.81. The van der Waals surface area contributed by atoms with E-state index >= 15 is 0 Å². The highest BCUT2D eigenvalue weighted by molar-refractivity contribution is 5.27. The quantitative estimate of drug-likeness (QED) is 0.796. The molecule has 4 heteroatoms. The van der Waals surface area contributed by atoms with Gasteiger partial charge < -0.3 is 0 Å². The average Bonchev–Trinajstić information content (AvgIpc) is 2.80. The van der Waals surface area contributed by atoms with E-state index in [0.717, 1.165) is 18.7 Å². The van der Waals surface area contributed by atoms with Crippen LogP contribution in [0.1, 0.15) is 52.3 Å². The minimum Gasteiger partial charge on any atom is -0.220 e. The van der Waals surface area contributed by atoms with E-state index in [1.807, 2.05) is 12.3 Å². The zero-order valence-electron chi connectivity index (χ0n) is 10.8. The summed E-state index contributed by atoms with van der Waals surface area (Å²) in [5.41, 5.74) is 0.0731. The molecule has 0 bridgehead atoms. The smallest absolute Gasteiger partial charge is 0.220 e. The Kier molecular flexibility index (Phi) is 3.41. The summed E-state index contributed by atoms with van der Waals surface area (Å²) in [6, 6.07) is 1.88. The van der Waals surface area contributed by atoms with Crippen molar-refractivity contribution in [2.75, 3.05) is 0 Å². The van der Waals surface area contributed by atoms with Crippen molar-refractivity contribution in [1.29, 1.82) is 0 Å². The molecule has 2 rings (SSSR count). The van der Waals surface area contributed by atoms with Crippen LogP contribution >= 0.6 is 0 Å². The summed E-state index contributed by atoms with van der Waals surface area (Å²) < 4.78 is 1.76. The molecule has 0 amide bonds. The standard InChI is InChI=1S/C13H20N4/c1-4-6-8-13(3,5-2)11-15-12-14-9-7-10-17(12)16-11/h7,9-10H,4-6,8H2,1-3H3. The largest absolute Gasteiger partial charge is 0.252 e. The van der Waals surface area contributed by atoms with Crippen molar-refractivity contribution in [3.05, 3.63) is 24.3 Å². The van der Waals surface area contributed by atoms with Crippen molar-refractivity contribution < 1.29 is 0 Å². The minimum absolute atomic E-state index is 0.0731. The second-order valence-electron chi connectivity index (χ2n) is 4.82. The summed E-state index contributed by atoms with van der Waals surface area (Å²) in [6.45, 7) is 6.67. The number of nitrogens with zero attached hydrogens (tertiary/aromatic N) is 4. The zero-order chi connectivity index (χ0) is 12.3. The van der Waals surface area contributed by atoms with E-state index in [2.05, 4.69) is 35.8 Å². The summed E-state index contributed by atoms with van der Waals surface area (Å²) in [6.07, 6.45) is 8.27. The van der Waals surface area contributed by atoms with Gasteiger partial charge in [-0.05, 0) is 18.9 Å². The predicted octanol–water partition coefficient (Wildman–Crippen LogP) is 2.98. The van der Waals surface area contributed by atoms with Crippen molar-refractivity contribution in [2.45, 2.75) is 51.9 Å². The molecule has 0 saturated carbocycles. The third-order valence-corrected chi connectivity index (χ3v) is 3.52. The van der Waals surface area contributed by atoms with Crippen molar-refractivity contribution in [3.8, 4) is 0 Å². The molecular formula is C13H20N4. The van der Waals surface area contributed by atoms with E-state index in [1.54, 1.807) is 10.7 Å². The highest BCUT2D eigenvalue weighted by Crippen LogP contribution is 2.30. The number of aromatic nitrogens is 4. The first-order chi connectivity index (χ1) is 8.19. The normalized spacial score (nSPS) is 15.0. The Bertz CT molecular complexity index is 458. The fourth-order valence-corrected chi connectivity index (χ4v) is 2.00. The number of hydrogen-bond acceptors (Lipinski definition) is 3. The van der Waals surface area contributed by atoms with Crippen molar-refractivity contribution in [3.63, 3.8) is 0 Å². The predicted molar refractivity (Wildman–Crippen MR) is 68.0 cm³/mol. The van der Waals surface area contributed by atoms with Gasteiger partial charge in [-0.3, -0.25) is 0 Å². The van der Waals surface area contributed by atoms with Crippen LogP contribution in [0.2, 0.25) is 0 Å². The van der Waals surface area contributed by atoms with Gasteiger partial charge in [-0.2, -0.15) is 4.98 Å². The molecule has 0 aliphatic heterocycles. The molecule has 17 heavy (non-hydrogen) atoms. The minimum atomic E-state index is 0.0731. The SMILES string of the molecule is CCCCC(C)(CC)c1nc2ncccn2n1. The third kappa shape index (κ3) is 2.30. The van der Waals surface area contributed by atoms with Crippen LogP contribution in [0.3, 0.4) is 0 Å². The Hall–Kier alpha value is -1.45. The number of fused-ring (bicyclic) bond motifs is 1. The molecule has 92 valence electrons. The van der Waals surface area contributed by atoms with E-state index < -0.39 is 0 Å².